The first-order chi connectivity index (χ1) is 8.81. The minimum Gasteiger partial charge on any atom is -0.309 e. The quantitative estimate of drug-likeness (QED) is 0.894. The fourth-order valence-corrected chi connectivity index (χ4v) is 4.41. The molecule has 1 N–H and O–H groups in total. The van der Waals surface area contributed by atoms with Gasteiger partial charge in [-0.3, -0.25) is 4.90 Å². The normalized spacial score (nSPS) is 25.5. The Balaban J connectivity index is 1.51. The zero-order valence-corrected chi connectivity index (χ0v) is 12.7. The second-order valence-electron chi connectivity index (χ2n) is 5.42. The molecule has 1 atom stereocenters. The van der Waals surface area contributed by atoms with Gasteiger partial charge in [-0.2, -0.15) is 11.8 Å². The number of hydrogen-bond acceptors (Lipinski definition) is 4. The third kappa shape index (κ3) is 3.50. The summed E-state index contributed by atoms with van der Waals surface area (Å²) in [6, 6.07) is 6.18. The van der Waals surface area contributed by atoms with Crippen molar-refractivity contribution in [2.45, 2.75) is 44.9 Å². The summed E-state index contributed by atoms with van der Waals surface area (Å²) in [6.07, 6.45) is 2.75. The Hall–Kier alpha value is -0.0300. The number of rotatable bonds is 5. The predicted octanol–water partition coefficient (Wildman–Crippen LogP) is 2.94. The molecule has 1 saturated carbocycles. The Bertz CT molecular complexity index is 387. The first kappa shape index (κ1) is 13.0. The average Bonchev–Trinajstić information content (AvgIpc) is 3.10. The van der Waals surface area contributed by atoms with Gasteiger partial charge in [0.1, 0.15) is 0 Å². The number of hydrogen-bond donors (Lipinski definition) is 1. The van der Waals surface area contributed by atoms with Gasteiger partial charge in [0.05, 0.1) is 0 Å². The molecular formula is C14H22N2S2. The van der Waals surface area contributed by atoms with E-state index in [0.29, 0.717) is 0 Å². The Morgan fingerprint density at radius 1 is 1.33 bits per heavy atom. The minimum atomic E-state index is 0.735. The largest absolute Gasteiger partial charge is 0.309 e. The molecule has 0 aromatic carbocycles. The van der Waals surface area contributed by atoms with Crippen molar-refractivity contribution < 1.29 is 0 Å². The van der Waals surface area contributed by atoms with Crippen molar-refractivity contribution in [3.8, 4) is 0 Å². The van der Waals surface area contributed by atoms with E-state index in [1.165, 1.54) is 40.6 Å². The Morgan fingerprint density at radius 3 is 2.94 bits per heavy atom. The highest BCUT2D eigenvalue weighted by Crippen LogP contribution is 2.24. The summed E-state index contributed by atoms with van der Waals surface area (Å²) >= 11 is 4.08. The first-order valence-corrected chi connectivity index (χ1v) is 8.91. The maximum atomic E-state index is 3.59. The van der Waals surface area contributed by atoms with E-state index in [9.17, 15) is 0 Å². The molecule has 0 amide bonds. The van der Waals surface area contributed by atoms with Gasteiger partial charge in [0, 0.05) is 53.0 Å². The summed E-state index contributed by atoms with van der Waals surface area (Å²) in [7, 11) is 0. The summed E-state index contributed by atoms with van der Waals surface area (Å²) in [6.45, 7) is 5.82. The van der Waals surface area contributed by atoms with Crippen LogP contribution in [0, 0.1) is 0 Å². The molecule has 1 aliphatic carbocycles. The van der Waals surface area contributed by atoms with E-state index in [-0.39, 0.29) is 0 Å². The summed E-state index contributed by atoms with van der Waals surface area (Å²) < 4.78 is 0. The van der Waals surface area contributed by atoms with Crippen LogP contribution in [0.25, 0.3) is 0 Å². The van der Waals surface area contributed by atoms with Crippen LogP contribution in [-0.2, 0) is 13.1 Å². The molecule has 0 spiro atoms. The minimum absolute atomic E-state index is 0.735. The van der Waals surface area contributed by atoms with Crippen molar-refractivity contribution in [3.63, 3.8) is 0 Å². The maximum Gasteiger partial charge on any atom is 0.0331 e. The average molecular weight is 282 g/mol. The molecule has 2 aliphatic rings. The molecule has 100 valence electrons. The zero-order valence-electron chi connectivity index (χ0n) is 11.0. The van der Waals surface area contributed by atoms with Gasteiger partial charge in [-0.15, -0.1) is 11.3 Å². The van der Waals surface area contributed by atoms with Gasteiger partial charge < -0.3 is 5.32 Å². The van der Waals surface area contributed by atoms with E-state index >= 15 is 0 Å². The summed E-state index contributed by atoms with van der Waals surface area (Å²) in [5, 5.41) is 3.59. The summed E-state index contributed by atoms with van der Waals surface area (Å²) in [4.78, 5) is 5.65. The van der Waals surface area contributed by atoms with Gasteiger partial charge in [0.25, 0.3) is 0 Å². The SMILES string of the molecule is CC1CSCCN1Cc1ccc(CNC2CC2)s1. The lowest BCUT2D eigenvalue weighted by molar-refractivity contribution is 0.226. The van der Waals surface area contributed by atoms with Crippen LogP contribution in [0.3, 0.4) is 0 Å². The van der Waals surface area contributed by atoms with Crippen LogP contribution in [0.2, 0.25) is 0 Å². The van der Waals surface area contributed by atoms with Gasteiger partial charge in [-0.1, -0.05) is 0 Å². The summed E-state index contributed by atoms with van der Waals surface area (Å²) in [5.74, 6) is 2.59. The molecule has 2 fully saturated rings. The highest BCUT2D eigenvalue weighted by molar-refractivity contribution is 7.99. The molecule has 3 rings (SSSR count). The first-order valence-electron chi connectivity index (χ1n) is 6.94. The van der Waals surface area contributed by atoms with Crippen LogP contribution >= 0.6 is 23.1 Å². The molecule has 1 unspecified atom stereocenters. The summed E-state index contributed by atoms with van der Waals surface area (Å²) in [5.41, 5.74) is 0. The molecule has 1 saturated heterocycles. The van der Waals surface area contributed by atoms with Crippen molar-refractivity contribution in [2.75, 3.05) is 18.1 Å². The standard InChI is InChI=1S/C14H22N2S2/c1-11-10-17-7-6-16(11)9-14-5-4-13(18-14)8-15-12-2-3-12/h4-5,11-12,15H,2-3,6-10H2,1H3. The second-order valence-corrected chi connectivity index (χ2v) is 7.82. The highest BCUT2D eigenvalue weighted by Gasteiger charge is 2.21. The second kappa shape index (κ2) is 5.95. The molecule has 1 aromatic heterocycles. The smallest absolute Gasteiger partial charge is 0.0331 e. The van der Waals surface area contributed by atoms with Gasteiger partial charge >= 0.3 is 0 Å². The topological polar surface area (TPSA) is 15.3 Å². The number of nitrogens with one attached hydrogen (secondary N) is 1. The molecule has 2 nitrogen and oxygen atoms in total. The number of thiophene rings is 1. The van der Waals surface area contributed by atoms with E-state index in [2.05, 4.69) is 41.0 Å². The molecule has 18 heavy (non-hydrogen) atoms. The number of thioether (sulfide) groups is 1. The Kier molecular flexibility index (Phi) is 4.29. The number of nitrogens with zero attached hydrogens (tertiary/aromatic N) is 1. The van der Waals surface area contributed by atoms with Gasteiger partial charge in [0.2, 0.25) is 0 Å². The molecule has 4 heteroatoms. The Morgan fingerprint density at radius 2 is 2.17 bits per heavy atom. The fraction of sp³-hybridized carbons (Fsp3) is 0.714. The van der Waals surface area contributed by atoms with Crippen molar-refractivity contribution in [1.82, 2.24) is 10.2 Å². The van der Waals surface area contributed by atoms with Gasteiger partial charge in [0.15, 0.2) is 0 Å². The van der Waals surface area contributed by atoms with Crippen molar-refractivity contribution in [2.24, 2.45) is 0 Å². The lowest BCUT2D eigenvalue weighted by Crippen LogP contribution is -2.39. The van der Waals surface area contributed by atoms with Crippen LogP contribution in [0.4, 0.5) is 0 Å². The molecule has 1 aliphatic heterocycles. The van der Waals surface area contributed by atoms with Crippen LogP contribution in [0.15, 0.2) is 12.1 Å². The maximum absolute atomic E-state index is 3.59. The van der Waals surface area contributed by atoms with E-state index in [1.54, 1.807) is 0 Å². The van der Waals surface area contributed by atoms with Crippen LogP contribution in [0.1, 0.15) is 29.5 Å². The van der Waals surface area contributed by atoms with Crippen molar-refractivity contribution >= 4 is 23.1 Å². The fourth-order valence-electron chi connectivity index (χ4n) is 2.33. The third-order valence-electron chi connectivity index (χ3n) is 3.72. The lowest BCUT2D eigenvalue weighted by atomic mass is 10.3. The molecule has 0 bridgehead atoms. The highest BCUT2D eigenvalue weighted by atomic mass is 32.2. The zero-order chi connectivity index (χ0) is 12.4. The predicted molar refractivity (Wildman–Crippen MR) is 81.4 cm³/mol. The van der Waals surface area contributed by atoms with E-state index in [0.717, 1.165) is 25.2 Å². The van der Waals surface area contributed by atoms with E-state index in [4.69, 9.17) is 0 Å². The molecular weight excluding hydrogens is 260 g/mol. The third-order valence-corrected chi connectivity index (χ3v) is 5.98. The van der Waals surface area contributed by atoms with Crippen molar-refractivity contribution in [1.29, 1.82) is 0 Å². The molecule has 2 heterocycles. The lowest BCUT2D eigenvalue weighted by Gasteiger charge is -2.32. The van der Waals surface area contributed by atoms with Crippen molar-refractivity contribution in [3.05, 3.63) is 21.9 Å². The van der Waals surface area contributed by atoms with Crippen LogP contribution in [-0.4, -0.2) is 35.0 Å². The van der Waals surface area contributed by atoms with Crippen LogP contribution < -0.4 is 5.32 Å². The Labute approximate surface area is 118 Å². The van der Waals surface area contributed by atoms with E-state index < -0.39 is 0 Å². The van der Waals surface area contributed by atoms with Crippen LogP contribution in [0.5, 0.6) is 0 Å². The molecule has 1 aromatic rings. The van der Waals surface area contributed by atoms with Gasteiger partial charge in [-0.05, 0) is 31.9 Å². The van der Waals surface area contributed by atoms with Gasteiger partial charge in [-0.25, -0.2) is 0 Å². The molecule has 0 radical (unpaired) electrons. The monoisotopic (exact) mass is 282 g/mol. The van der Waals surface area contributed by atoms with E-state index in [1.807, 2.05) is 11.3 Å².